The highest BCUT2D eigenvalue weighted by atomic mass is 19.4. The topological polar surface area (TPSA) is 265 Å². The minimum Gasteiger partial charge on any atom is -0.494 e. The van der Waals surface area contributed by atoms with E-state index in [1.165, 1.54) is 115 Å². The normalized spacial score (nSPS) is 11.6. The summed E-state index contributed by atoms with van der Waals surface area (Å²) in [6.45, 7) is 7.69. The molecule has 145 heavy (non-hydrogen) atoms. The molecule has 0 atom stereocenters. The second-order valence-corrected chi connectivity index (χ2v) is 34.0. The summed E-state index contributed by atoms with van der Waals surface area (Å²) in [5, 5.41) is 31.9. The van der Waals surface area contributed by atoms with Crippen LogP contribution in [0.25, 0.3) is 39.8 Å². The zero-order chi connectivity index (χ0) is 104. The van der Waals surface area contributed by atoms with Gasteiger partial charge in [0.05, 0.1) is 70.6 Å². The van der Waals surface area contributed by atoms with Crippen LogP contribution in [-0.4, -0.2) is 101 Å². The number of carbonyl (C=O) groups is 5. The minimum absolute atomic E-state index is 0.00192. The lowest BCUT2D eigenvalue weighted by molar-refractivity contribution is -0.139. The Labute approximate surface area is 824 Å². The van der Waals surface area contributed by atoms with Gasteiger partial charge in [-0.25, -0.2) is 23.4 Å². The van der Waals surface area contributed by atoms with E-state index in [0.29, 0.717) is 51.3 Å². The Morgan fingerprint density at radius 1 is 0.345 bits per heavy atom. The molecule has 0 unspecified atom stereocenters. The summed E-state index contributed by atoms with van der Waals surface area (Å²) < 4.78 is 229. The first-order valence-corrected chi connectivity index (χ1v) is 46.6. The van der Waals surface area contributed by atoms with Crippen molar-refractivity contribution in [1.29, 1.82) is 0 Å². The monoisotopic (exact) mass is 2010 g/mol. The van der Waals surface area contributed by atoms with Crippen LogP contribution >= 0.6 is 0 Å². The van der Waals surface area contributed by atoms with Crippen LogP contribution in [0.2, 0.25) is 0 Å². The van der Waals surface area contributed by atoms with E-state index in [2.05, 4.69) is 78.9 Å². The molecule has 0 aliphatic heterocycles. The fourth-order valence-electron chi connectivity index (χ4n) is 15.3. The second kappa shape index (κ2) is 52.3. The van der Waals surface area contributed by atoms with Crippen LogP contribution < -0.4 is 4.74 Å². The maximum absolute atomic E-state index is 13.2. The molecule has 0 saturated heterocycles. The molecule has 15 rings (SSSR count). The molecule has 37 heteroatoms. The van der Waals surface area contributed by atoms with E-state index in [1.54, 1.807) is 100 Å². The number of hydrogen-bond acceptors (Lipinski definition) is 18. The Bertz CT molecular complexity index is 6340. The van der Waals surface area contributed by atoms with Crippen molar-refractivity contribution in [3.05, 3.63) is 367 Å². The number of aromatic nitrogens is 13. The molecule has 0 saturated carbocycles. The van der Waals surface area contributed by atoms with E-state index in [-0.39, 0.29) is 127 Å². The standard InChI is InChI=1S/C23H24F3N3O2.C23H22F3NO2.C22H21F3N2O2.C21H21F3N4O.C19H15F4N3O/c1-3-4-8-18-15-29(28-27-18)21-11-10-16(13-22(21)31-2)12-19(30)14-17-7-5-6-9-20(17)23(24,25)26;1-2-3-7-20-15-22(27-29-20)17-11-9-16(10-12-17)13-19(28)14-18-6-4-5-8-21(18)23(24,25)26;1-2-3-8-20-26-21(27-29-20)16-11-9-15(10-12-16)13-18(28)14-17-6-4-5-7-19(17)22(23,24)25;1-2-3-7-17-14-28(27-26-17)20-10-9-15(13-25-20)11-18(29)12-16-6-4-5-8-19(16)21(22,23)24;20-11-15-12-26(25-24-15)16-7-5-13(6-8-16)9-17(27)10-14-3-1-2-4-18(14)19(21,22)23/h5-7,9-11,13,15H,3-4,8,12,14H2,1-2H3;4-6,8-12,15H,2-3,7,13-14H2,1H3;4-7,9-12H,2-3,8,13-14H2,1H3;4-6,8-10,13-14H,2-3,7,11-12H2,1H3;1-8,12H,9-11H2. The number of rotatable bonds is 39. The van der Waals surface area contributed by atoms with E-state index in [1.807, 2.05) is 30.6 Å². The first kappa shape index (κ1) is 110. The van der Waals surface area contributed by atoms with Crippen LogP contribution in [-0.2, 0) is 151 Å². The number of nitrogens with zero attached hydrogens (tertiary/aromatic N) is 13. The summed E-state index contributed by atoms with van der Waals surface area (Å²) >= 11 is 0. The summed E-state index contributed by atoms with van der Waals surface area (Å²) in [4.78, 5) is 70.3. The van der Waals surface area contributed by atoms with Crippen LogP contribution in [0.5, 0.6) is 5.75 Å². The number of pyridine rings is 1. The third kappa shape index (κ3) is 33.8. The molecule has 0 N–H and O–H groups in total. The zero-order valence-corrected chi connectivity index (χ0v) is 79.6. The predicted octanol–water partition coefficient (Wildman–Crippen LogP) is 25.0. The van der Waals surface area contributed by atoms with E-state index in [0.717, 1.165) is 152 Å². The molecule has 6 aromatic heterocycles. The fraction of sp³-hybridized carbons (Fsp3) is 0.306. The van der Waals surface area contributed by atoms with Crippen molar-refractivity contribution in [2.24, 2.45) is 0 Å². The summed E-state index contributed by atoms with van der Waals surface area (Å²) in [5.74, 6) is 1.50. The number of ketones is 5. The summed E-state index contributed by atoms with van der Waals surface area (Å²) in [7, 11) is 1.51. The van der Waals surface area contributed by atoms with Crippen LogP contribution in [0.1, 0.15) is 191 Å². The molecule has 0 aliphatic rings. The van der Waals surface area contributed by atoms with Gasteiger partial charge >= 0.3 is 30.9 Å². The number of halogens is 16. The Kier molecular flexibility index (Phi) is 39.8. The lowest BCUT2D eigenvalue weighted by atomic mass is 9.98. The average molecular weight is 2020 g/mol. The quantitative estimate of drug-likeness (QED) is 0.0324. The Morgan fingerprint density at radius 2 is 0.697 bits per heavy atom. The fourth-order valence-corrected chi connectivity index (χ4v) is 15.3. The molecule has 0 amide bonds. The zero-order valence-electron chi connectivity index (χ0n) is 79.6. The molecule has 0 spiro atoms. The molecule has 0 bridgehead atoms. The molecule has 760 valence electrons. The van der Waals surface area contributed by atoms with Gasteiger partial charge < -0.3 is 13.8 Å². The van der Waals surface area contributed by atoms with E-state index in [9.17, 15) is 94.2 Å². The number of ether oxygens (including phenoxy) is 1. The van der Waals surface area contributed by atoms with Crippen molar-refractivity contribution < 1.29 is 108 Å². The SMILES string of the molecule is CCCCc1cc(-c2ccc(CC(=O)Cc3ccccc3C(F)(F)F)cc2)no1.CCCCc1cn(-c2ccc(CC(=O)Cc3ccccc3C(F)(F)F)cc2OC)nn1.CCCCc1cn(-c2ccc(CC(=O)Cc3ccccc3C(F)(F)F)cn2)nn1.CCCCc1nc(-c2ccc(CC(=O)Cc3ccccc3C(F)(F)F)cc2)no1.O=C(Cc1ccc(-n2cc(CF)nn2)cc1)Cc1ccccc1C(F)(F)F. The van der Waals surface area contributed by atoms with Gasteiger partial charge in [-0.15, -0.1) is 15.3 Å². The second-order valence-electron chi connectivity index (χ2n) is 34.0. The van der Waals surface area contributed by atoms with Gasteiger partial charge in [0, 0.05) is 100 Å². The Balaban J connectivity index is 0.000000173. The van der Waals surface area contributed by atoms with Crippen molar-refractivity contribution in [1.82, 2.24) is 65.3 Å². The molecule has 9 aromatic carbocycles. The van der Waals surface area contributed by atoms with Gasteiger partial charge in [-0.1, -0.05) is 243 Å². The number of carbonyl (C=O) groups excluding carboxylic acids is 5. The van der Waals surface area contributed by atoms with Gasteiger partial charge in [0.1, 0.15) is 64.2 Å². The number of benzene rings is 9. The summed E-state index contributed by atoms with van der Waals surface area (Å²) in [6.07, 6.45) is -5.39. The first-order chi connectivity index (χ1) is 69.3. The van der Waals surface area contributed by atoms with Crippen molar-refractivity contribution in [3.8, 4) is 45.6 Å². The van der Waals surface area contributed by atoms with Gasteiger partial charge in [0.25, 0.3) is 0 Å². The highest BCUT2D eigenvalue weighted by Gasteiger charge is 2.38. The molecular formula is C108H103F16N13O8. The Hall–Kier alpha value is -15.1. The van der Waals surface area contributed by atoms with Crippen molar-refractivity contribution in [3.63, 3.8) is 0 Å². The number of Topliss-reactive ketones (excluding diaryl/α,β-unsaturated/α-hetero) is 5. The molecule has 0 aliphatic carbocycles. The van der Waals surface area contributed by atoms with Gasteiger partial charge in [0.2, 0.25) is 11.7 Å². The van der Waals surface area contributed by atoms with Gasteiger partial charge in [-0.2, -0.15) is 70.8 Å². The molecule has 21 nitrogen and oxygen atoms in total. The number of aryl methyl sites for hydroxylation is 4. The number of alkyl halides is 16. The van der Waals surface area contributed by atoms with Crippen LogP contribution in [0.3, 0.4) is 0 Å². The largest absolute Gasteiger partial charge is 0.494 e. The first-order valence-electron chi connectivity index (χ1n) is 46.6. The third-order valence-corrected chi connectivity index (χ3v) is 22.6. The van der Waals surface area contributed by atoms with Crippen LogP contribution in [0, 0.1) is 0 Å². The highest BCUT2D eigenvalue weighted by molar-refractivity contribution is 5.86. The summed E-state index contributed by atoms with van der Waals surface area (Å²) in [6, 6.07) is 57.4. The van der Waals surface area contributed by atoms with E-state index < -0.39 is 65.4 Å². The van der Waals surface area contributed by atoms with E-state index in [4.69, 9.17) is 13.8 Å². The maximum atomic E-state index is 13.2. The van der Waals surface area contributed by atoms with Gasteiger partial charge in [0.15, 0.2) is 5.82 Å². The van der Waals surface area contributed by atoms with Crippen LogP contribution in [0.15, 0.2) is 264 Å². The third-order valence-electron chi connectivity index (χ3n) is 22.6. The molecule has 0 radical (unpaired) electrons. The van der Waals surface area contributed by atoms with Crippen molar-refractivity contribution >= 4 is 28.9 Å². The molecule has 15 aromatic rings. The molecular weight excluding hydrogens is 1910 g/mol. The van der Waals surface area contributed by atoms with E-state index >= 15 is 0 Å². The number of unbranched alkanes of at least 4 members (excludes halogenated alkanes) is 4. The van der Waals surface area contributed by atoms with Crippen molar-refractivity contribution in [2.45, 2.75) is 207 Å². The van der Waals surface area contributed by atoms with Gasteiger partial charge in [-0.3, -0.25) is 24.0 Å². The Morgan fingerprint density at radius 3 is 1.10 bits per heavy atom. The summed E-state index contributed by atoms with van der Waals surface area (Å²) in [5.41, 5.74) is 5.14. The number of methoxy groups -OCH3 is 1. The highest BCUT2D eigenvalue weighted by Crippen LogP contribution is 2.39. The van der Waals surface area contributed by atoms with Crippen molar-refractivity contribution in [2.75, 3.05) is 7.11 Å². The van der Waals surface area contributed by atoms with Crippen LogP contribution in [0.4, 0.5) is 70.2 Å². The molecule has 6 heterocycles. The number of hydrogen-bond donors (Lipinski definition) is 0. The lowest BCUT2D eigenvalue weighted by Gasteiger charge is -2.13. The smallest absolute Gasteiger partial charge is 0.416 e. The molecule has 0 fully saturated rings. The average Bonchev–Trinajstić information content (AvgIpc) is 1.22. The van der Waals surface area contributed by atoms with Gasteiger partial charge in [-0.05, 0) is 155 Å². The maximum Gasteiger partial charge on any atom is 0.416 e. The lowest BCUT2D eigenvalue weighted by Crippen LogP contribution is -2.14. The minimum atomic E-state index is -4.49. The predicted molar refractivity (Wildman–Crippen MR) is 509 cm³/mol.